The van der Waals surface area contributed by atoms with Crippen LogP contribution in [0.1, 0.15) is 32.4 Å². The Kier molecular flexibility index (Phi) is 4.18. The lowest BCUT2D eigenvalue weighted by atomic mass is 10.2. The number of methoxy groups -OCH3 is 1. The molecule has 0 aliphatic rings. The van der Waals surface area contributed by atoms with E-state index < -0.39 is 11.9 Å². The van der Waals surface area contributed by atoms with Crippen molar-refractivity contribution in [2.45, 2.75) is 6.92 Å². The molecule has 0 bridgehead atoms. The first-order valence-corrected chi connectivity index (χ1v) is 6.18. The van der Waals surface area contributed by atoms with Gasteiger partial charge in [0.25, 0.3) is 0 Å². The highest BCUT2D eigenvalue weighted by Gasteiger charge is 2.25. The van der Waals surface area contributed by atoms with E-state index in [1.165, 1.54) is 11.7 Å². The van der Waals surface area contributed by atoms with Crippen molar-refractivity contribution in [3.8, 4) is 0 Å². The van der Waals surface area contributed by atoms with Gasteiger partial charge in [0, 0.05) is 6.20 Å². The number of hydrogen-bond acceptors (Lipinski definition) is 4. The Morgan fingerprint density at radius 1 is 1.29 bits per heavy atom. The third-order valence-electron chi connectivity index (χ3n) is 2.88. The molecule has 1 aromatic heterocycles. The van der Waals surface area contributed by atoms with Crippen LogP contribution >= 0.6 is 0 Å². The first-order chi connectivity index (χ1) is 10.0. The molecular weight excluding hydrogens is 272 g/mol. The Hall–Kier alpha value is -2.89. The van der Waals surface area contributed by atoms with Crippen molar-refractivity contribution >= 4 is 24.2 Å². The third kappa shape index (κ3) is 3.00. The summed E-state index contributed by atoms with van der Waals surface area (Å²) in [7, 11) is 1.18. The minimum atomic E-state index is -1.24. The summed E-state index contributed by atoms with van der Waals surface area (Å²) in [6.45, 7) is 1.62. The molecule has 1 N–H and O–H groups in total. The number of esters is 1. The van der Waals surface area contributed by atoms with E-state index in [1.807, 2.05) is 30.3 Å². The summed E-state index contributed by atoms with van der Waals surface area (Å²) in [4.78, 5) is 26.9. The second-order valence-electron chi connectivity index (χ2n) is 4.25. The molecule has 0 aliphatic heterocycles. The highest BCUT2D eigenvalue weighted by molar-refractivity contribution is 6.00. The van der Waals surface area contributed by atoms with Gasteiger partial charge in [0.15, 0.2) is 11.4 Å². The molecule has 21 heavy (non-hydrogen) atoms. The van der Waals surface area contributed by atoms with E-state index in [-0.39, 0.29) is 11.4 Å². The summed E-state index contributed by atoms with van der Waals surface area (Å²) in [5.74, 6) is -1.63. The number of nitrogens with zero attached hydrogens (tertiary/aromatic N) is 2. The SMILES string of the molecule is COC(=O)c1nc(C)n(C=Cc2ccccc2)c1C(=O)O. The molecule has 0 atom stereocenters. The van der Waals surface area contributed by atoms with Gasteiger partial charge < -0.3 is 9.84 Å². The number of aromatic carboxylic acids is 1. The van der Waals surface area contributed by atoms with E-state index >= 15 is 0 Å². The predicted molar refractivity (Wildman–Crippen MR) is 76.9 cm³/mol. The zero-order valence-electron chi connectivity index (χ0n) is 11.6. The lowest BCUT2D eigenvalue weighted by Gasteiger charge is -2.02. The molecule has 0 aliphatic carbocycles. The van der Waals surface area contributed by atoms with Crippen molar-refractivity contribution in [3.63, 3.8) is 0 Å². The molecule has 2 rings (SSSR count). The van der Waals surface area contributed by atoms with Gasteiger partial charge in [-0.1, -0.05) is 30.3 Å². The average Bonchev–Trinajstić information content (AvgIpc) is 2.82. The number of aryl methyl sites for hydroxylation is 1. The second-order valence-corrected chi connectivity index (χ2v) is 4.25. The van der Waals surface area contributed by atoms with Crippen LogP contribution in [0.4, 0.5) is 0 Å². The van der Waals surface area contributed by atoms with Gasteiger partial charge in [-0.15, -0.1) is 0 Å². The molecule has 0 saturated heterocycles. The van der Waals surface area contributed by atoms with Gasteiger partial charge >= 0.3 is 11.9 Å². The molecule has 1 aromatic carbocycles. The molecule has 108 valence electrons. The Bertz CT molecular complexity index is 702. The van der Waals surface area contributed by atoms with E-state index in [9.17, 15) is 14.7 Å². The van der Waals surface area contributed by atoms with Gasteiger partial charge in [0.2, 0.25) is 0 Å². The highest BCUT2D eigenvalue weighted by atomic mass is 16.5. The van der Waals surface area contributed by atoms with Gasteiger partial charge in [-0.3, -0.25) is 4.57 Å². The number of carboxylic acid groups (broad SMARTS) is 1. The standard InChI is InChI=1S/C15H14N2O4/c1-10-16-12(15(20)21-2)13(14(18)19)17(10)9-8-11-6-4-3-5-7-11/h3-9H,1-2H3,(H,18,19). The van der Waals surface area contributed by atoms with Crippen LogP contribution < -0.4 is 0 Å². The van der Waals surface area contributed by atoms with Crippen molar-refractivity contribution < 1.29 is 19.4 Å². The maximum absolute atomic E-state index is 11.6. The number of aromatic nitrogens is 2. The Balaban J connectivity index is 2.48. The monoisotopic (exact) mass is 286 g/mol. The summed E-state index contributed by atoms with van der Waals surface area (Å²) < 4.78 is 5.90. The summed E-state index contributed by atoms with van der Waals surface area (Å²) in [6, 6.07) is 9.39. The van der Waals surface area contributed by atoms with E-state index in [0.717, 1.165) is 5.56 Å². The predicted octanol–water partition coefficient (Wildman–Crippen LogP) is 2.30. The first-order valence-electron chi connectivity index (χ1n) is 6.18. The number of rotatable bonds is 4. The minimum Gasteiger partial charge on any atom is -0.476 e. The smallest absolute Gasteiger partial charge is 0.359 e. The Morgan fingerprint density at radius 2 is 1.95 bits per heavy atom. The molecule has 1 heterocycles. The third-order valence-corrected chi connectivity index (χ3v) is 2.88. The number of carbonyl (C=O) groups is 2. The minimum absolute atomic E-state index is 0.208. The van der Waals surface area contributed by atoms with Gasteiger partial charge in [-0.25, -0.2) is 14.6 Å². The van der Waals surface area contributed by atoms with E-state index in [2.05, 4.69) is 9.72 Å². The summed E-state index contributed by atoms with van der Waals surface area (Å²) in [6.07, 6.45) is 3.30. The normalized spacial score (nSPS) is 10.8. The topological polar surface area (TPSA) is 81.4 Å². The molecule has 0 spiro atoms. The number of ether oxygens (including phenoxy) is 1. The Morgan fingerprint density at radius 3 is 2.52 bits per heavy atom. The molecule has 0 unspecified atom stereocenters. The molecule has 0 radical (unpaired) electrons. The lowest BCUT2D eigenvalue weighted by molar-refractivity contribution is 0.0575. The van der Waals surface area contributed by atoms with Crippen LogP contribution in [0.3, 0.4) is 0 Å². The van der Waals surface area contributed by atoms with E-state index in [1.54, 1.807) is 19.2 Å². The first kappa shape index (κ1) is 14.5. The van der Waals surface area contributed by atoms with Crippen molar-refractivity contribution in [2.24, 2.45) is 0 Å². The number of carbonyl (C=O) groups excluding carboxylic acids is 1. The molecule has 2 aromatic rings. The van der Waals surface area contributed by atoms with Gasteiger partial charge in [-0.2, -0.15) is 0 Å². The van der Waals surface area contributed by atoms with Gasteiger partial charge in [0.1, 0.15) is 5.82 Å². The summed E-state index contributed by atoms with van der Waals surface area (Å²) >= 11 is 0. The van der Waals surface area contributed by atoms with E-state index in [4.69, 9.17) is 0 Å². The van der Waals surface area contributed by atoms with Crippen molar-refractivity contribution in [2.75, 3.05) is 7.11 Å². The van der Waals surface area contributed by atoms with Crippen LogP contribution in [0.25, 0.3) is 12.3 Å². The Labute approximate surface area is 121 Å². The van der Waals surface area contributed by atoms with Crippen LogP contribution in [0, 0.1) is 6.92 Å². The quantitative estimate of drug-likeness (QED) is 0.872. The number of hydrogen-bond donors (Lipinski definition) is 1. The van der Waals surface area contributed by atoms with Crippen molar-refractivity contribution in [1.29, 1.82) is 0 Å². The fourth-order valence-electron chi connectivity index (χ4n) is 1.89. The van der Waals surface area contributed by atoms with Crippen LogP contribution in [0.2, 0.25) is 0 Å². The summed E-state index contributed by atoms with van der Waals surface area (Å²) in [5.41, 5.74) is 0.480. The van der Waals surface area contributed by atoms with E-state index in [0.29, 0.717) is 5.82 Å². The molecular formula is C15H14N2O4. The molecule has 0 amide bonds. The highest BCUT2D eigenvalue weighted by Crippen LogP contribution is 2.15. The number of carboxylic acids is 1. The fraction of sp³-hybridized carbons (Fsp3) is 0.133. The average molecular weight is 286 g/mol. The van der Waals surface area contributed by atoms with Crippen molar-refractivity contribution in [1.82, 2.24) is 9.55 Å². The van der Waals surface area contributed by atoms with Crippen LogP contribution in [0.5, 0.6) is 0 Å². The molecule has 0 fully saturated rings. The zero-order chi connectivity index (χ0) is 15.4. The summed E-state index contributed by atoms with van der Waals surface area (Å²) in [5, 5.41) is 9.30. The lowest BCUT2D eigenvalue weighted by Crippen LogP contribution is -2.12. The van der Waals surface area contributed by atoms with Gasteiger partial charge in [0.05, 0.1) is 7.11 Å². The van der Waals surface area contributed by atoms with Crippen molar-refractivity contribution in [3.05, 3.63) is 53.1 Å². The second kappa shape index (κ2) is 6.04. The maximum atomic E-state index is 11.6. The van der Waals surface area contributed by atoms with Crippen LogP contribution in [-0.4, -0.2) is 33.7 Å². The fourth-order valence-corrected chi connectivity index (χ4v) is 1.89. The molecule has 6 heteroatoms. The largest absolute Gasteiger partial charge is 0.476 e. The number of imidazole rings is 1. The maximum Gasteiger partial charge on any atom is 0.359 e. The zero-order valence-corrected chi connectivity index (χ0v) is 11.6. The molecule has 0 saturated carbocycles. The van der Waals surface area contributed by atoms with Gasteiger partial charge in [-0.05, 0) is 18.6 Å². The number of benzene rings is 1. The van der Waals surface area contributed by atoms with Crippen LogP contribution in [0.15, 0.2) is 30.3 Å². The van der Waals surface area contributed by atoms with Crippen LogP contribution in [-0.2, 0) is 4.74 Å². The molecule has 6 nitrogen and oxygen atoms in total.